The second-order valence-electron chi connectivity index (χ2n) is 7.11. The van der Waals surface area contributed by atoms with Gasteiger partial charge in [-0.15, -0.1) is 0 Å². The van der Waals surface area contributed by atoms with Gasteiger partial charge in [0.2, 0.25) is 0 Å². The highest BCUT2D eigenvalue weighted by Crippen LogP contribution is 2.39. The number of piperidine rings is 1. The molecule has 0 aromatic rings. The quantitative estimate of drug-likeness (QED) is 0.386. The fourth-order valence-corrected chi connectivity index (χ4v) is 4.38. The van der Waals surface area contributed by atoms with Gasteiger partial charge >= 0.3 is 0 Å². The highest BCUT2D eigenvalue weighted by molar-refractivity contribution is 4.96. The SMILES string of the molecule is CCCCCCCCC(NN)C1CC2CCC(C1)N2C. The van der Waals surface area contributed by atoms with E-state index in [1.165, 1.54) is 70.6 Å². The van der Waals surface area contributed by atoms with Crippen LogP contribution in [0.5, 0.6) is 0 Å². The first kappa shape index (κ1) is 16.3. The van der Waals surface area contributed by atoms with Crippen LogP contribution in [-0.2, 0) is 0 Å². The lowest BCUT2D eigenvalue weighted by atomic mass is 9.83. The molecule has 0 aromatic heterocycles. The Morgan fingerprint density at radius 2 is 1.65 bits per heavy atom. The van der Waals surface area contributed by atoms with Crippen molar-refractivity contribution in [1.82, 2.24) is 10.3 Å². The largest absolute Gasteiger partial charge is 0.300 e. The topological polar surface area (TPSA) is 41.3 Å². The van der Waals surface area contributed by atoms with Gasteiger partial charge in [-0.1, -0.05) is 45.4 Å². The minimum Gasteiger partial charge on any atom is -0.300 e. The number of hydrogen-bond donors (Lipinski definition) is 2. The molecule has 2 aliphatic heterocycles. The molecule has 2 rings (SSSR count). The van der Waals surface area contributed by atoms with Crippen molar-refractivity contribution in [3.05, 3.63) is 0 Å². The summed E-state index contributed by atoms with van der Waals surface area (Å²) in [5.74, 6) is 6.66. The smallest absolute Gasteiger partial charge is 0.0239 e. The lowest BCUT2D eigenvalue weighted by Crippen LogP contribution is -2.48. The van der Waals surface area contributed by atoms with Crippen molar-refractivity contribution < 1.29 is 0 Å². The molecule has 2 heterocycles. The third kappa shape index (κ3) is 4.19. The Morgan fingerprint density at radius 3 is 2.25 bits per heavy atom. The average Bonchev–Trinajstić information content (AvgIpc) is 2.68. The molecule has 0 radical (unpaired) electrons. The van der Waals surface area contributed by atoms with Crippen LogP contribution in [0.3, 0.4) is 0 Å². The number of nitrogens with two attached hydrogens (primary N) is 1. The second-order valence-corrected chi connectivity index (χ2v) is 7.11. The van der Waals surface area contributed by atoms with Crippen LogP contribution in [0.1, 0.15) is 77.6 Å². The van der Waals surface area contributed by atoms with Gasteiger partial charge in [0.25, 0.3) is 0 Å². The molecule has 0 spiro atoms. The van der Waals surface area contributed by atoms with E-state index in [1.807, 2.05) is 0 Å². The molecular formula is C17H35N3. The number of nitrogens with zero attached hydrogens (tertiary/aromatic N) is 1. The third-order valence-corrected chi connectivity index (χ3v) is 5.79. The van der Waals surface area contributed by atoms with E-state index >= 15 is 0 Å². The molecule has 3 heteroatoms. The minimum absolute atomic E-state index is 0.554. The molecule has 118 valence electrons. The van der Waals surface area contributed by atoms with Gasteiger partial charge in [-0.05, 0) is 45.1 Å². The predicted molar refractivity (Wildman–Crippen MR) is 86.4 cm³/mol. The van der Waals surface area contributed by atoms with Crippen molar-refractivity contribution in [2.45, 2.75) is 95.7 Å². The summed E-state index contributed by atoms with van der Waals surface area (Å²) in [5, 5.41) is 0. The highest BCUT2D eigenvalue weighted by Gasteiger charge is 2.40. The number of rotatable bonds is 9. The van der Waals surface area contributed by atoms with E-state index in [4.69, 9.17) is 5.84 Å². The van der Waals surface area contributed by atoms with Gasteiger partial charge < -0.3 is 4.90 Å². The Morgan fingerprint density at radius 1 is 1.05 bits per heavy atom. The number of hydrazine groups is 1. The standard InChI is InChI=1S/C17H35N3/c1-3-4-5-6-7-8-9-17(19-18)14-12-15-10-11-16(13-14)20(15)2/h14-17,19H,3-13,18H2,1-2H3. The van der Waals surface area contributed by atoms with Crippen LogP contribution in [0.15, 0.2) is 0 Å². The van der Waals surface area contributed by atoms with Crippen LogP contribution in [-0.4, -0.2) is 30.1 Å². The molecule has 0 saturated carbocycles. The van der Waals surface area contributed by atoms with Crippen molar-refractivity contribution >= 4 is 0 Å². The normalized spacial score (nSPS) is 31.6. The number of fused-ring (bicyclic) bond motifs is 2. The van der Waals surface area contributed by atoms with Gasteiger partial charge in [-0.25, -0.2) is 0 Å². The molecule has 0 aliphatic carbocycles. The summed E-state index contributed by atoms with van der Waals surface area (Å²) in [6, 6.07) is 2.22. The van der Waals surface area contributed by atoms with E-state index in [0.717, 1.165) is 18.0 Å². The number of hydrogen-bond acceptors (Lipinski definition) is 3. The van der Waals surface area contributed by atoms with E-state index < -0.39 is 0 Å². The minimum atomic E-state index is 0.554. The summed E-state index contributed by atoms with van der Waals surface area (Å²) in [6.45, 7) is 2.28. The summed E-state index contributed by atoms with van der Waals surface area (Å²) in [6.07, 6.45) is 15.1. The maximum absolute atomic E-state index is 5.85. The lowest BCUT2D eigenvalue weighted by molar-refractivity contribution is 0.109. The molecule has 3 unspecified atom stereocenters. The summed E-state index contributed by atoms with van der Waals surface area (Å²) < 4.78 is 0. The Labute approximate surface area is 125 Å². The van der Waals surface area contributed by atoms with E-state index in [0.29, 0.717) is 6.04 Å². The molecule has 3 atom stereocenters. The first-order valence-electron chi connectivity index (χ1n) is 8.94. The van der Waals surface area contributed by atoms with Gasteiger partial charge in [0.1, 0.15) is 0 Å². The zero-order chi connectivity index (χ0) is 14.4. The summed E-state index contributed by atoms with van der Waals surface area (Å²) >= 11 is 0. The van der Waals surface area contributed by atoms with Crippen LogP contribution in [0, 0.1) is 5.92 Å². The first-order valence-corrected chi connectivity index (χ1v) is 8.94. The maximum atomic E-state index is 5.85. The van der Waals surface area contributed by atoms with Crippen molar-refractivity contribution in [1.29, 1.82) is 0 Å². The summed E-state index contributed by atoms with van der Waals surface area (Å²) in [4.78, 5) is 2.62. The Bertz CT molecular complexity index is 255. The van der Waals surface area contributed by atoms with Gasteiger partial charge in [0, 0.05) is 18.1 Å². The third-order valence-electron chi connectivity index (χ3n) is 5.79. The van der Waals surface area contributed by atoms with Crippen molar-refractivity contribution in [2.75, 3.05) is 7.05 Å². The highest BCUT2D eigenvalue weighted by atomic mass is 15.2. The first-order chi connectivity index (χ1) is 9.76. The second kappa shape index (κ2) is 8.35. The fraction of sp³-hybridized carbons (Fsp3) is 1.00. The number of unbranched alkanes of at least 4 members (excludes halogenated alkanes) is 5. The Balaban J connectivity index is 1.67. The van der Waals surface area contributed by atoms with E-state index in [2.05, 4.69) is 24.3 Å². The molecule has 2 bridgehead atoms. The Kier molecular flexibility index (Phi) is 6.79. The van der Waals surface area contributed by atoms with E-state index in [9.17, 15) is 0 Å². The van der Waals surface area contributed by atoms with Crippen LogP contribution in [0.25, 0.3) is 0 Å². The zero-order valence-corrected chi connectivity index (χ0v) is 13.6. The van der Waals surface area contributed by atoms with E-state index in [-0.39, 0.29) is 0 Å². The van der Waals surface area contributed by atoms with E-state index in [1.54, 1.807) is 0 Å². The van der Waals surface area contributed by atoms with Gasteiger partial charge in [-0.3, -0.25) is 11.3 Å². The summed E-state index contributed by atoms with van der Waals surface area (Å²) in [5.41, 5.74) is 3.14. The molecule has 3 N–H and O–H groups in total. The molecule has 2 fully saturated rings. The van der Waals surface area contributed by atoms with Crippen molar-refractivity contribution in [2.24, 2.45) is 11.8 Å². The van der Waals surface area contributed by atoms with Crippen LogP contribution in [0.4, 0.5) is 0 Å². The molecule has 0 aromatic carbocycles. The van der Waals surface area contributed by atoms with Gasteiger partial charge in [0.15, 0.2) is 0 Å². The molecule has 2 saturated heterocycles. The number of nitrogens with one attached hydrogen (secondary N) is 1. The van der Waals surface area contributed by atoms with Crippen molar-refractivity contribution in [3.8, 4) is 0 Å². The van der Waals surface area contributed by atoms with Crippen LogP contribution >= 0.6 is 0 Å². The van der Waals surface area contributed by atoms with Gasteiger partial charge in [0.05, 0.1) is 0 Å². The molecule has 2 aliphatic rings. The Hall–Kier alpha value is -0.120. The maximum Gasteiger partial charge on any atom is 0.0239 e. The van der Waals surface area contributed by atoms with Crippen LogP contribution in [0.2, 0.25) is 0 Å². The van der Waals surface area contributed by atoms with Crippen LogP contribution < -0.4 is 11.3 Å². The molecule has 3 nitrogen and oxygen atoms in total. The molecule has 0 amide bonds. The predicted octanol–water partition coefficient (Wildman–Crippen LogP) is 3.44. The average molecular weight is 281 g/mol. The monoisotopic (exact) mass is 281 g/mol. The fourth-order valence-electron chi connectivity index (χ4n) is 4.38. The zero-order valence-electron chi connectivity index (χ0n) is 13.6. The lowest BCUT2D eigenvalue weighted by Gasteiger charge is -2.39. The summed E-state index contributed by atoms with van der Waals surface area (Å²) in [7, 11) is 2.32. The van der Waals surface area contributed by atoms with Gasteiger partial charge in [-0.2, -0.15) is 0 Å². The molecular weight excluding hydrogens is 246 g/mol. The molecule has 20 heavy (non-hydrogen) atoms. The van der Waals surface area contributed by atoms with Crippen molar-refractivity contribution in [3.63, 3.8) is 0 Å².